The molecule has 5 heteroatoms. The molecule has 0 aliphatic heterocycles. The Morgan fingerprint density at radius 1 is 1.11 bits per heavy atom. The third-order valence-electron chi connectivity index (χ3n) is 2.53. The lowest BCUT2D eigenvalue weighted by molar-refractivity contribution is 0.412. The fourth-order valence-electron chi connectivity index (χ4n) is 1.54. The van der Waals surface area contributed by atoms with E-state index in [1.165, 1.54) is 0 Å². The van der Waals surface area contributed by atoms with Gasteiger partial charge in [0, 0.05) is 15.9 Å². The van der Waals surface area contributed by atoms with Crippen molar-refractivity contribution in [1.29, 1.82) is 0 Å². The molecule has 0 saturated carbocycles. The van der Waals surface area contributed by atoms with Crippen LogP contribution >= 0.6 is 43.5 Å². The second-order valence-electron chi connectivity index (χ2n) is 3.78. The van der Waals surface area contributed by atoms with E-state index >= 15 is 0 Å². The second kappa shape index (κ2) is 6.64. The highest BCUT2D eigenvalue weighted by molar-refractivity contribution is 9.10. The third-order valence-corrected chi connectivity index (χ3v) is 3.99. The predicted octanol–water partition coefficient (Wildman–Crippen LogP) is 5.80. The summed E-state index contributed by atoms with van der Waals surface area (Å²) in [4.78, 5) is 0. The first-order chi connectivity index (χ1) is 9.13. The fourth-order valence-corrected chi connectivity index (χ4v) is 2.61. The van der Waals surface area contributed by atoms with Gasteiger partial charge >= 0.3 is 0 Å². The maximum absolute atomic E-state index is 6.00. The van der Waals surface area contributed by atoms with Gasteiger partial charge in [-0.15, -0.1) is 0 Å². The molecular formula is C14H11Br2ClO2. The summed E-state index contributed by atoms with van der Waals surface area (Å²) in [6, 6.07) is 11.1. The van der Waals surface area contributed by atoms with E-state index in [0.29, 0.717) is 16.1 Å². The summed E-state index contributed by atoms with van der Waals surface area (Å²) in [5, 5.41) is 1.34. The first kappa shape index (κ1) is 14.7. The van der Waals surface area contributed by atoms with Gasteiger partial charge in [0.2, 0.25) is 0 Å². The van der Waals surface area contributed by atoms with E-state index in [1.807, 2.05) is 30.3 Å². The molecule has 2 nitrogen and oxygen atoms in total. The van der Waals surface area contributed by atoms with Crippen molar-refractivity contribution >= 4 is 43.5 Å². The molecule has 0 saturated heterocycles. The monoisotopic (exact) mass is 404 g/mol. The van der Waals surface area contributed by atoms with Crippen molar-refractivity contribution in [3.05, 3.63) is 51.5 Å². The van der Waals surface area contributed by atoms with Gasteiger partial charge in [-0.2, -0.15) is 0 Å². The molecule has 0 spiro atoms. The van der Waals surface area contributed by atoms with Gasteiger partial charge in [-0.25, -0.2) is 0 Å². The van der Waals surface area contributed by atoms with Crippen LogP contribution in [0.2, 0.25) is 5.02 Å². The van der Waals surface area contributed by atoms with Crippen LogP contribution in [0.3, 0.4) is 0 Å². The molecule has 0 atom stereocenters. The molecule has 0 unspecified atom stereocenters. The maximum Gasteiger partial charge on any atom is 0.141 e. The summed E-state index contributed by atoms with van der Waals surface area (Å²) < 4.78 is 11.9. The fraction of sp³-hybridized carbons (Fsp3) is 0.143. The minimum atomic E-state index is 0.643. The average molecular weight is 407 g/mol. The maximum atomic E-state index is 6.00. The van der Waals surface area contributed by atoms with Crippen LogP contribution in [0, 0.1) is 0 Å². The van der Waals surface area contributed by atoms with Crippen LogP contribution in [0.1, 0.15) is 5.56 Å². The molecule has 0 aliphatic rings. The summed E-state index contributed by atoms with van der Waals surface area (Å²) in [5.41, 5.74) is 1.03. The Kier molecular flexibility index (Phi) is 5.13. The molecule has 2 rings (SSSR count). The van der Waals surface area contributed by atoms with E-state index in [-0.39, 0.29) is 0 Å². The number of rotatable bonds is 4. The Morgan fingerprint density at radius 2 is 1.89 bits per heavy atom. The Labute approximate surface area is 133 Å². The Balaban J connectivity index is 2.33. The highest BCUT2D eigenvalue weighted by atomic mass is 79.9. The number of hydrogen-bond donors (Lipinski definition) is 0. The van der Waals surface area contributed by atoms with Crippen molar-refractivity contribution in [1.82, 2.24) is 0 Å². The van der Waals surface area contributed by atoms with Gasteiger partial charge in [0.15, 0.2) is 0 Å². The lowest BCUT2D eigenvalue weighted by Gasteiger charge is -2.12. The standard InChI is InChI=1S/C14H11Br2ClO2/c1-18-11-4-5-13(12(16)7-11)19-14-6-10(17)3-2-9(14)8-15/h2-7H,8H2,1H3. The summed E-state index contributed by atoms with van der Waals surface area (Å²) >= 11 is 12.9. The molecule has 100 valence electrons. The minimum absolute atomic E-state index is 0.643. The number of methoxy groups -OCH3 is 1. The van der Waals surface area contributed by atoms with Crippen molar-refractivity contribution in [3.8, 4) is 17.2 Å². The van der Waals surface area contributed by atoms with Crippen LogP contribution in [0.4, 0.5) is 0 Å². The van der Waals surface area contributed by atoms with Crippen molar-refractivity contribution in [2.24, 2.45) is 0 Å². The van der Waals surface area contributed by atoms with E-state index < -0.39 is 0 Å². The van der Waals surface area contributed by atoms with Gasteiger partial charge in [-0.1, -0.05) is 33.6 Å². The van der Waals surface area contributed by atoms with Crippen LogP contribution in [0.5, 0.6) is 17.2 Å². The van der Waals surface area contributed by atoms with Crippen molar-refractivity contribution in [3.63, 3.8) is 0 Å². The van der Waals surface area contributed by atoms with Crippen LogP contribution in [0.15, 0.2) is 40.9 Å². The van der Waals surface area contributed by atoms with Gasteiger partial charge < -0.3 is 9.47 Å². The van der Waals surface area contributed by atoms with E-state index in [2.05, 4.69) is 31.9 Å². The molecule has 2 aromatic carbocycles. The quantitative estimate of drug-likeness (QED) is 0.598. The SMILES string of the molecule is COc1ccc(Oc2cc(Cl)ccc2CBr)c(Br)c1. The second-order valence-corrected chi connectivity index (χ2v) is 5.64. The highest BCUT2D eigenvalue weighted by Crippen LogP contribution is 2.35. The van der Waals surface area contributed by atoms with Crippen molar-refractivity contribution in [2.75, 3.05) is 7.11 Å². The number of hydrogen-bond acceptors (Lipinski definition) is 2. The summed E-state index contributed by atoms with van der Waals surface area (Å²) in [6.45, 7) is 0. The Morgan fingerprint density at radius 3 is 2.53 bits per heavy atom. The molecule has 2 aromatic rings. The molecule has 0 bridgehead atoms. The number of halogens is 3. The first-order valence-corrected chi connectivity index (χ1v) is 7.79. The molecule has 0 heterocycles. The Bertz CT molecular complexity index is 588. The van der Waals surface area contributed by atoms with E-state index in [4.69, 9.17) is 21.1 Å². The minimum Gasteiger partial charge on any atom is -0.497 e. The first-order valence-electron chi connectivity index (χ1n) is 5.50. The lowest BCUT2D eigenvalue weighted by atomic mass is 10.2. The van der Waals surface area contributed by atoms with Gasteiger partial charge in [0.1, 0.15) is 17.2 Å². The largest absolute Gasteiger partial charge is 0.497 e. The van der Waals surface area contributed by atoms with Gasteiger partial charge in [-0.05, 0) is 46.3 Å². The van der Waals surface area contributed by atoms with E-state index in [9.17, 15) is 0 Å². The summed E-state index contributed by atoms with van der Waals surface area (Å²) in [7, 11) is 1.63. The number of alkyl halides is 1. The zero-order valence-electron chi connectivity index (χ0n) is 10.1. The van der Waals surface area contributed by atoms with Gasteiger partial charge in [0.25, 0.3) is 0 Å². The topological polar surface area (TPSA) is 18.5 Å². The summed E-state index contributed by atoms with van der Waals surface area (Å²) in [6.07, 6.45) is 0. The normalized spacial score (nSPS) is 10.3. The molecule has 0 radical (unpaired) electrons. The molecule has 0 amide bonds. The Hall–Kier alpha value is -0.710. The van der Waals surface area contributed by atoms with Gasteiger partial charge in [0.05, 0.1) is 11.6 Å². The van der Waals surface area contributed by atoms with E-state index in [0.717, 1.165) is 21.5 Å². The van der Waals surface area contributed by atoms with Gasteiger partial charge in [-0.3, -0.25) is 0 Å². The number of ether oxygens (including phenoxy) is 2. The smallest absolute Gasteiger partial charge is 0.141 e. The molecule has 0 N–H and O–H groups in total. The van der Waals surface area contributed by atoms with Crippen molar-refractivity contribution in [2.45, 2.75) is 5.33 Å². The molecule has 0 aromatic heterocycles. The van der Waals surface area contributed by atoms with Crippen LogP contribution in [-0.4, -0.2) is 7.11 Å². The highest BCUT2D eigenvalue weighted by Gasteiger charge is 2.08. The van der Waals surface area contributed by atoms with Crippen LogP contribution in [-0.2, 0) is 5.33 Å². The van der Waals surface area contributed by atoms with Crippen molar-refractivity contribution < 1.29 is 9.47 Å². The molecule has 0 aliphatic carbocycles. The lowest BCUT2D eigenvalue weighted by Crippen LogP contribution is -1.91. The van der Waals surface area contributed by atoms with E-state index in [1.54, 1.807) is 13.2 Å². The zero-order valence-corrected chi connectivity index (χ0v) is 14.0. The molecule has 19 heavy (non-hydrogen) atoms. The number of benzene rings is 2. The molecular weight excluding hydrogens is 395 g/mol. The zero-order chi connectivity index (χ0) is 13.8. The van der Waals surface area contributed by atoms with Crippen LogP contribution in [0.25, 0.3) is 0 Å². The summed E-state index contributed by atoms with van der Waals surface area (Å²) in [5.74, 6) is 2.21. The molecule has 0 fully saturated rings. The average Bonchev–Trinajstić information content (AvgIpc) is 2.41. The predicted molar refractivity (Wildman–Crippen MR) is 84.9 cm³/mol. The van der Waals surface area contributed by atoms with Crippen LogP contribution < -0.4 is 9.47 Å². The third kappa shape index (κ3) is 3.65.